The van der Waals surface area contributed by atoms with Crippen LogP contribution >= 0.6 is 0 Å². The van der Waals surface area contributed by atoms with E-state index in [1.807, 2.05) is 19.1 Å². The molecule has 0 aliphatic heterocycles. The van der Waals surface area contributed by atoms with Gasteiger partial charge in [-0.05, 0) is 61.0 Å². The predicted molar refractivity (Wildman–Crippen MR) is 116 cm³/mol. The van der Waals surface area contributed by atoms with Crippen molar-refractivity contribution in [2.24, 2.45) is 0 Å². The SMILES string of the molecule is Cc1ccc(-c2nnco2)cc1NC(=O)c1ccc(NS(=O)(=O)c2ccccc2)cc1. The fraction of sp³-hybridized carbons (Fsp3) is 0.0455. The van der Waals surface area contributed by atoms with Gasteiger partial charge in [-0.2, -0.15) is 0 Å². The molecule has 0 radical (unpaired) electrons. The van der Waals surface area contributed by atoms with Gasteiger partial charge in [0.15, 0.2) is 0 Å². The Balaban J connectivity index is 1.49. The number of nitrogens with zero attached hydrogens (tertiary/aromatic N) is 2. The highest BCUT2D eigenvalue weighted by Crippen LogP contribution is 2.24. The summed E-state index contributed by atoms with van der Waals surface area (Å²) in [6, 6.07) is 19.7. The van der Waals surface area contributed by atoms with Crippen LogP contribution in [0.4, 0.5) is 11.4 Å². The molecule has 1 amide bonds. The lowest BCUT2D eigenvalue weighted by atomic mass is 10.1. The van der Waals surface area contributed by atoms with Gasteiger partial charge >= 0.3 is 0 Å². The lowest BCUT2D eigenvalue weighted by Gasteiger charge is -2.11. The molecule has 0 fully saturated rings. The molecule has 4 aromatic rings. The number of nitrogens with one attached hydrogen (secondary N) is 2. The van der Waals surface area contributed by atoms with Gasteiger partial charge in [0.2, 0.25) is 12.3 Å². The van der Waals surface area contributed by atoms with Crippen molar-refractivity contribution in [1.82, 2.24) is 10.2 Å². The molecule has 0 unspecified atom stereocenters. The largest absolute Gasteiger partial charge is 0.423 e. The Morgan fingerprint density at radius 3 is 2.39 bits per heavy atom. The van der Waals surface area contributed by atoms with Crippen molar-refractivity contribution in [3.8, 4) is 11.5 Å². The van der Waals surface area contributed by atoms with Crippen molar-refractivity contribution < 1.29 is 17.6 Å². The van der Waals surface area contributed by atoms with Crippen LogP contribution in [0.2, 0.25) is 0 Å². The quantitative estimate of drug-likeness (QED) is 0.472. The zero-order valence-corrected chi connectivity index (χ0v) is 17.3. The van der Waals surface area contributed by atoms with Gasteiger partial charge in [-0.3, -0.25) is 9.52 Å². The highest BCUT2D eigenvalue weighted by atomic mass is 32.2. The molecule has 9 heteroatoms. The summed E-state index contributed by atoms with van der Waals surface area (Å²) < 4.78 is 32.5. The molecular formula is C22H18N4O4S. The number of carbonyl (C=O) groups excluding carboxylic acids is 1. The smallest absolute Gasteiger partial charge is 0.261 e. The molecule has 0 saturated carbocycles. The van der Waals surface area contributed by atoms with Crippen LogP contribution < -0.4 is 10.0 Å². The first-order valence-electron chi connectivity index (χ1n) is 9.29. The fourth-order valence-corrected chi connectivity index (χ4v) is 3.97. The lowest BCUT2D eigenvalue weighted by molar-refractivity contribution is 0.102. The Hall–Kier alpha value is -3.98. The minimum Gasteiger partial charge on any atom is -0.423 e. The molecule has 0 spiro atoms. The fourth-order valence-electron chi connectivity index (χ4n) is 2.89. The van der Waals surface area contributed by atoms with Crippen LogP contribution in [0.25, 0.3) is 11.5 Å². The van der Waals surface area contributed by atoms with Gasteiger partial charge in [-0.25, -0.2) is 8.42 Å². The van der Waals surface area contributed by atoms with Crippen LogP contribution in [0.1, 0.15) is 15.9 Å². The number of hydrogen-bond acceptors (Lipinski definition) is 6. The van der Waals surface area contributed by atoms with Crippen molar-refractivity contribution in [2.75, 3.05) is 10.0 Å². The Morgan fingerprint density at radius 2 is 1.71 bits per heavy atom. The van der Waals surface area contributed by atoms with E-state index in [9.17, 15) is 13.2 Å². The van der Waals surface area contributed by atoms with E-state index in [0.717, 1.165) is 5.56 Å². The van der Waals surface area contributed by atoms with Gasteiger partial charge in [0, 0.05) is 22.5 Å². The summed E-state index contributed by atoms with van der Waals surface area (Å²) in [7, 11) is -3.70. The van der Waals surface area contributed by atoms with E-state index in [1.165, 1.54) is 30.7 Å². The summed E-state index contributed by atoms with van der Waals surface area (Å²) in [5, 5.41) is 10.4. The van der Waals surface area contributed by atoms with Gasteiger partial charge in [0.1, 0.15) is 0 Å². The van der Waals surface area contributed by atoms with E-state index in [0.29, 0.717) is 28.4 Å². The first-order chi connectivity index (χ1) is 14.9. The molecular weight excluding hydrogens is 416 g/mol. The molecule has 0 aliphatic carbocycles. The van der Waals surface area contributed by atoms with Crippen LogP contribution in [0.5, 0.6) is 0 Å². The number of aromatic nitrogens is 2. The molecule has 8 nitrogen and oxygen atoms in total. The first kappa shape index (κ1) is 20.3. The van der Waals surface area contributed by atoms with E-state index in [1.54, 1.807) is 36.4 Å². The van der Waals surface area contributed by atoms with E-state index >= 15 is 0 Å². The van der Waals surface area contributed by atoms with Crippen molar-refractivity contribution in [3.05, 3.63) is 90.3 Å². The molecule has 0 saturated heterocycles. The van der Waals surface area contributed by atoms with Crippen LogP contribution in [0.15, 0.2) is 88.5 Å². The van der Waals surface area contributed by atoms with Crippen LogP contribution in [-0.4, -0.2) is 24.5 Å². The maximum absolute atomic E-state index is 12.7. The molecule has 4 rings (SSSR count). The molecule has 31 heavy (non-hydrogen) atoms. The topological polar surface area (TPSA) is 114 Å². The minimum absolute atomic E-state index is 0.161. The van der Waals surface area contributed by atoms with Gasteiger partial charge in [-0.1, -0.05) is 24.3 Å². The maximum Gasteiger partial charge on any atom is 0.261 e. The van der Waals surface area contributed by atoms with E-state index in [4.69, 9.17) is 4.42 Å². The Morgan fingerprint density at radius 1 is 0.968 bits per heavy atom. The molecule has 0 aliphatic rings. The monoisotopic (exact) mass is 434 g/mol. The Labute approximate surface area is 179 Å². The van der Waals surface area contributed by atoms with Gasteiger partial charge in [-0.15, -0.1) is 10.2 Å². The normalized spacial score (nSPS) is 11.1. The van der Waals surface area contributed by atoms with Crippen molar-refractivity contribution in [1.29, 1.82) is 0 Å². The summed E-state index contributed by atoms with van der Waals surface area (Å²) in [6.07, 6.45) is 1.24. The number of anilines is 2. The minimum atomic E-state index is -3.70. The second-order valence-corrected chi connectivity index (χ2v) is 8.41. The van der Waals surface area contributed by atoms with Gasteiger partial charge in [0.25, 0.3) is 15.9 Å². The van der Waals surface area contributed by atoms with Crippen LogP contribution in [-0.2, 0) is 10.0 Å². The zero-order chi connectivity index (χ0) is 21.8. The molecule has 3 aromatic carbocycles. The number of carbonyl (C=O) groups is 1. The number of rotatable bonds is 6. The molecule has 1 aromatic heterocycles. The third-order valence-corrected chi connectivity index (χ3v) is 5.94. The highest BCUT2D eigenvalue weighted by Gasteiger charge is 2.15. The van der Waals surface area contributed by atoms with Gasteiger partial charge < -0.3 is 9.73 Å². The third kappa shape index (κ3) is 4.62. The second kappa shape index (κ2) is 8.41. The highest BCUT2D eigenvalue weighted by molar-refractivity contribution is 7.92. The van der Waals surface area contributed by atoms with Crippen molar-refractivity contribution in [2.45, 2.75) is 11.8 Å². The lowest BCUT2D eigenvalue weighted by Crippen LogP contribution is -2.14. The summed E-state index contributed by atoms with van der Waals surface area (Å²) >= 11 is 0. The summed E-state index contributed by atoms with van der Waals surface area (Å²) in [6.45, 7) is 1.87. The summed E-state index contributed by atoms with van der Waals surface area (Å²) in [5.74, 6) is 0.0220. The number of amides is 1. The second-order valence-electron chi connectivity index (χ2n) is 6.72. The predicted octanol–water partition coefficient (Wildman–Crippen LogP) is 4.10. The average Bonchev–Trinajstić information content (AvgIpc) is 3.31. The number of hydrogen-bond donors (Lipinski definition) is 2. The standard InChI is InChI=1S/C22H18N4O4S/c1-15-7-8-17(22-25-23-14-30-22)13-20(15)24-21(27)16-9-11-18(12-10-16)26-31(28,29)19-5-3-2-4-6-19/h2-14,26H,1H3,(H,24,27). The Bertz CT molecular complexity index is 1300. The zero-order valence-electron chi connectivity index (χ0n) is 16.4. The van der Waals surface area contributed by atoms with E-state index in [-0.39, 0.29) is 10.8 Å². The molecule has 156 valence electrons. The molecule has 0 bridgehead atoms. The number of sulfonamides is 1. The van der Waals surface area contributed by atoms with E-state index in [2.05, 4.69) is 20.2 Å². The molecule has 0 atom stereocenters. The third-order valence-electron chi connectivity index (χ3n) is 4.55. The van der Waals surface area contributed by atoms with Crippen molar-refractivity contribution in [3.63, 3.8) is 0 Å². The number of aryl methyl sites for hydroxylation is 1. The summed E-state index contributed by atoms with van der Waals surface area (Å²) in [4.78, 5) is 12.8. The summed E-state index contributed by atoms with van der Waals surface area (Å²) in [5.41, 5.74) is 2.89. The average molecular weight is 434 g/mol. The maximum atomic E-state index is 12.7. The first-order valence-corrected chi connectivity index (χ1v) is 10.8. The Kier molecular flexibility index (Phi) is 5.50. The van der Waals surface area contributed by atoms with Crippen molar-refractivity contribution >= 4 is 27.3 Å². The number of benzene rings is 3. The van der Waals surface area contributed by atoms with Crippen LogP contribution in [0.3, 0.4) is 0 Å². The molecule has 1 heterocycles. The van der Waals surface area contributed by atoms with Gasteiger partial charge in [0.05, 0.1) is 4.90 Å². The van der Waals surface area contributed by atoms with Crippen LogP contribution in [0, 0.1) is 6.92 Å². The van der Waals surface area contributed by atoms with E-state index < -0.39 is 10.0 Å². The molecule has 2 N–H and O–H groups in total.